The van der Waals surface area contributed by atoms with Crippen molar-refractivity contribution in [2.45, 2.75) is 25.0 Å². The number of nitrogens with zero attached hydrogens (tertiary/aromatic N) is 2. The normalized spacial score (nSPS) is 21.3. The highest BCUT2D eigenvalue weighted by Crippen LogP contribution is 2.45. The maximum absolute atomic E-state index is 10.8. The average molecular weight is 278 g/mol. The zero-order valence-corrected chi connectivity index (χ0v) is 11.4. The van der Waals surface area contributed by atoms with E-state index in [9.17, 15) is 15.2 Å². The fourth-order valence-electron chi connectivity index (χ4n) is 2.96. The van der Waals surface area contributed by atoms with Gasteiger partial charge in [0.1, 0.15) is 5.75 Å². The van der Waals surface area contributed by atoms with Gasteiger partial charge in [0, 0.05) is 37.3 Å². The van der Waals surface area contributed by atoms with Crippen LogP contribution in [-0.4, -0.2) is 40.7 Å². The number of likely N-dealkylation sites (tertiary alicyclic amines) is 1. The molecule has 1 aliphatic carbocycles. The van der Waals surface area contributed by atoms with Crippen LogP contribution in [-0.2, 0) is 6.54 Å². The molecule has 0 spiro atoms. The molecule has 1 saturated carbocycles. The molecule has 108 valence electrons. The van der Waals surface area contributed by atoms with Crippen molar-refractivity contribution in [3.8, 4) is 5.75 Å². The number of non-ortho nitro benzene ring substituents is 1. The molecule has 0 radical (unpaired) electrons. The standard InChI is InChI=1S/C14H18N2O4/c1-20-13-5-4-12(16(18)19)6-10(13)7-15-8-14(17,9-15)11-2-3-11/h4-6,11,17H,2-3,7-9H2,1H3. The molecule has 0 atom stereocenters. The van der Waals surface area contributed by atoms with Crippen molar-refractivity contribution in [3.63, 3.8) is 0 Å². The van der Waals surface area contributed by atoms with E-state index in [1.54, 1.807) is 19.2 Å². The number of aliphatic hydroxyl groups is 1. The van der Waals surface area contributed by atoms with Crippen LogP contribution in [0.5, 0.6) is 5.75 Å². The summed E-state index contributed by atoms with van der Waals surface area (Å²) in [6.45, 7) is 1.85. The third-order valence-corrected chi connectivity index (χ3v) is 4.20. The Morgan fingerprint density at radius 2 is 2.20 bits per heavy atom. The van der Waals surface area contributed by atoms with Crippen LogP contribution in [0.4, 0.5) is 5.69 Å². The molecule has 1 aliphatic heterocycles. The Bertz CT molecular complexity index is 536. The minimum atomic E-state index is -0.534. The number of hydrogen-bond donors (Lipinski definition) is 1. The van der Waals surface area contributed by atoms with E-state index in [1.807, 2.05) is 0 Å². The van der Waals surface area contributed by atoms with Crippen LogP contribution in [0.3, 0.4) is 0 Å². The van der Waals surface area contributed by atoms with Crippen LogP contribution in [0, 0.1) is 16.0 Å². The van der Waals surface area contributed by atoms with Crippen LogP contribution in [0.15, 0.2) is 18.2 Å². The monoisotopic (exact) mass is 278 g/mol. The number of hydrogen-bond acceptors (Lipinski definition) is 5. The van der Waals surface area contributed by atoms with E-state index < -0.39 is 10.5 Å². The van der Waals surface area contributed by atoms with E-state index in [0.29, 0.717) is 31.3 Å². The summed E-state index contributed by atoms with van der Waals surface area (Å²) in [4.78, 5) is 12.5. The summed E-state index contributed by atoms with van der Waals surface area (Å²) in [6, 6.07) is 4.62. The molecule has 6 nitrogen and oxygen atoms in total. The molecule has 1 N–H and O–H groups in total. The van der Waals surface area contributed by atoms with Gasteiger partial charge in [0.2, 0.25) is 0 Å². The molecule has 2 aliphatic rings. The third kappa shape index (κ3) is 2.36. The Kier molecular flexibility index (Phi) is 3.14. The van der Waals surface area contributed by atoms with Crippen molar-refractivity contribution in [3.05, 3.63) is 33.9 Å². The number of nitro groups is 1. The lowest BCUT2D eigenvalue weighted by atomic mass is 9.88. The predicted octanol–water partition coefficient (Wildman–Crippen LogP) is 1.56. The Morgan fingerprint density at radius 3 is 2.75 bits per heavy atom. The molecule has 1 aromatic rings. The highest BCUT2D eigenvalue weighted by molar-refractivity contribution is 5.44. The summed E-state index contributed by atoms with van der Waals surface area (Å²) in [6.07, 6.45) is 2.23. The minimum absolute atomic E-state index is 0.0683. The molecule has 6 heteroatoms. The molecule has 20 heavy (non-hydrogen) atoms. The van der Waals surface area contributed by atoms with Gasteiger partial charge in [0.15, 0.2) is 0 Å². The smallest absolute Gasteiger partial charge is 0.270 e. The molecular weight excluding hydrogens is 260 g/mol. The Morgan fingerprint density at radius 1 is 1.50 bits per heavy atom. The van der Waals surface area contributed by atoms with Gasteiger partial charge in [0.05, 0.1) is 17.6 Å². The zero-order chi connectivity index (χ0) is 14.3. The lowest BCUT2D eigenvalue weighted by Crippen LogP contribution is -2.62. The van der Waals surface area contributed by atoms with Crippen LogP contribution < -0.4 is 4.74 Å². The molecule has 2 fully saturated rings. The Balaban J connectivity index is 1.70. The summed E-state index contributed by atoms with van der Waals surface area (Å²) in [7, 11) is 1.56. The fraction of sp³-hybridized carbons (Fsp3) is 0.571. The van der Waals surface area contributed by atoms with E-state index in [2.05, 4.69) is 4.90 Å². The number of nitro benzene ring substituents is 1. The zero-order valence-electron chi connectivity index (χ0n) is 11.4. The first-order valence-corrected chi connectivity index (χ1v) is 6.78. The van der Waals surface area contributed by atoms with Crippen LogP contribution >= 0.6 is 0 Å². The average Bonchev–Trinajstić information content (AvgIpc) is 3.21. The summed E-state index contributed by atoms with van der Waals surface area (Å²) in [5, 5.41) is 21.1. The molecule has 0 unspecified atom stereocenters. The van der Waals surface area contributed by atoms with E-state index >= 15 is 0 Å². The van der Waals surface area contributed by atoms with Crippen LogP contribution in [0.25, 0.3) is 0 Å². The number of benzene rings is 1. The van der Waals surface area contributed by atoms with Gasteiger partial charge in [-0.3, -0.25) is 15.0 Å². The van der Waals surface area contributed by atoms with Crippen molar-refractivity contribution in [1.29, 1.82) is 0 Å². The van der Waals surface area contributed by atoms with Gasteiger partial charge in [-0.1, -0.05) is 0 Å². The van der Waals surface area contributed by atoms with Crippen LogP contribution in [0.2, 0.25) is 0 Å². The second-order valence-corrected chi connectivity index (χ2v) is 5.78. The maximum Gasteiger partial charge on any atom is 0.270 e. The van der Waals surface area contributed by atoms with Gasteiger partial charge in [-0.25, -0.2) is 0 Å². The van der Waals surface area contributed by atoms with Gasteiger partial charge in [-0.15, -0.1) is 0 Å². The first-order valence-electron chi connectivity index (χ1n) is 6.78. The quantitative estimate of drug-likeness (QED) is 0.653. The van der Waals surface area contributed by atoms with Gasteiger partial charge in [-0.2, -0.15) is 0 Å². The third-order valence-electron chi connectivity index (χ3n) is 4.20. The van der Waals surface area contributed by atoms with Crippen molar-refractivity contribution in [1.82, 2.24) is 4.90 Å². The molecule has 1 aromatic carbocycles. The molecular formula is C14H18N2O4. The largest absolute Gasteiger partial charge is 0.496 e. The minimum Gasteiger partial charge on any atom is -0.496 e. The van der Waals surface area contributed by atoms with E-state index in [0.717, 1.165) is 18.4 Å². The highest BCUT2D eigenvalue weighted by Gasteiger charge is 2.51. The Labute approximate surface area is 117 Å². The lowest BCUT2D eigenvalue weighted by Gasteiger charge is -2.47. The van der Waals surface area contributed by atoms with E-state index in [4.69, 9.17) is 4.74 Å². The van der Waals surface area contributed by atoms with E-state index in [1.165, 1.54) is 6.07 Å². The lowest BCUT2D eigenvalue weighted by molar-refractivity contribution is -0.385. The SMILES string of the molecule is COc1ccc([N+](=O)[O-])cc1CN1CC(O)(C2CC2)C1. The number of β-amino-alcohol motifs (C(OH)–C–C–N with tert-alkyl or cyclic N) is 1. The van der Waals surface area contributed by atoms with Crippen molar-refractivity contribution < 1.29 is 14.8 Å². The molecule has 0 amide bonds. The fourth-order valence-corrected chi connectivity index (χ4v) is 2.96. The van der Waals surface area contributed by atoms with Gasteiger partial charge < -0.3 is 9.84 Å². The second kappa shape index (κ2) is 4.71. The molecule has 0 bridgehead atoms. The van der Waals surface area contributed by atoms with Crippen LogP contribution in [0.1, 0.15) is 18.4 Å². The van der Waals surface area contributed by atoms with Crippen molar-refractivity contribution in [2.75, 3.05) is 20.2 Å². The maximum atomic E-state index is 10.8. The number of rotatable bonds is 5. The predicted molar refractivity (Wildman–Crippen MR) is 72.6 cm³/mol. The first kappa shape index (κ1) is 13.3. The van der Waals surface area contributed by atoms with Crippen molar-refractivity contribution >= 4 is 5.69 Å². The molecule has 1 saturated heterocycles. The summed E-state index contributed by atoms with van der Waals surface area (Å²) >= 11 is 0. The Hall–Kier alpha value is -1.66. The summed E-state index contributed by atoms with van der Waals surface area (Å²) in [5.74, 6) is 1.10. The van der Waals surface area contributed by atoms with E-state index in [-0.39, 0.29) is 5.69 Å². The highest BCUT2D eigenvalue weighted by atomic mass is 16.6. The second-order valence-electron chi connectivity index (χ2n) is 5.78. The summed E-state index contributed by atoms with van der Waals surface area (Å²) < 4.78 is 5.25. The van der Waals surface area contributed by atoms with Crippen molar-refractivity contribution in [2.24, 2.45) is 5.92 Å². The molecule has 0 aromatic heterocycles. The van der Waals surface area contributed by atoms with Gasteiger partial charge in [-0.05, 0) is 24.8 Å². The molecule has 1 heterocycles. The molecule has 3 rings (SSSR count). The summed E-state index contributed by atoms with van der Waals surface area (Å²) in [5.41, 5.74) is 0.326. The first-order chi connectivity index (χ1) is 9.51. The number of ether oxygens (including phenoxy) is 1. The number of methoxy groups -OCH3 is 1. The topological polar surface area (TPSA) is 75.8 Å². The van der Waals surface area contributed by atoms with Gasteiger partial charge >= 0.3 is 0 Å². The van der Waals surface area contributed by atoms with Gasteiger partial charge in [0.25, 0.3) is 5.69 Å².